The van der Waals surface area contributed by atoms with Crippen LogP contribution < -0.4 is 5.32 Å². The zero-order valence-electron chi connectivity index (χ0n) is 13.7. The Kier molecular flexibility index (Phi) is 5.25. The van der Waals surface area contributed by atoms with Gasteiger partial charge < -0.3 is 10.2 Å². The molecule has 2 rings (SSSR count). The minimum absolute atomic E-state index is 0.259. The summed E-state index contributed by atoms with van der Waals surface area (Å²) in [5, 5.41) is 3.34. The molecule has 2 aliphatic heterocycles. The molecule has 0 aromatic rings. The maximum atomic E-state index is 12.4. The van der Waals surface area contributed by atoms with Crippen LogP contribution in [0.15, 0.2) is 4.99 Å². The molecule has 22 heavy (non-hydrogen) atoms. The van der Waals surface area contributed by atoms with Crippen LogP contribution >= 0.6 is 0 Å². The van der Waals surface area contributed by atoms with Gasteiger partial charge in [0, 0.05) is 33.2 Å². The summed E-state index contributed by atoms with van der Waals surface area (Å²) in [6, 6.07) is 0. The maximum Gasteiger partial charge on any atom is 0.401 e. The lowest BCUT2D eigenvalue weighted by molar-refractivity contribution is -0.143. The number of likely N-dealkylation sites (tertiary alicyclic amines) is 2. The quantitative estimate of drug-likeness (QED) is 0.639. The number of hydrogen-bond donors (Lipinski definition) is 1. The van der Waals surface area contributed by atoms with Gasteiger partial charge in [-0.25, -0.2) is 0 Å². The van der Waals surface area contributed by atoms with Gasteiger partial charge in [-0.05, 0) is 30.7 Å². The zero-order valence-corrected chi connectivity index (χ0v) is 13.7. The normalized spacial score (nSPS) is 26.7. The lowest BCUT2D eigenvalue weighted by Crippen LogP contribution is -2.43. The summed E-state index contributed by atoms with van der Waals surface area (Å²) in [6.45, 7) is 7.38. The first-order valence-electron chi connectivity index (χ1n) is 7.93. The first-order valence-corrected chi connectivity index (χ1v) is 7.93. The third kappa shape index (κ3) is 5.04. The second-order valence-electron chi connectivity index (χ2n) is 7.27. The maximum absolute atomic E-state index is 12.4. The van der Waals surface area contributed by atoms with Crippen molar-refractivity contribution < 1.29 is 13.2 Å². The van der Waals surface area contributed by atoms with Gasteiger partial charge in [0.2, 0.25) is 0 Å². The van der Waals surface area contributed by atoms with Crippen LogP contribution in [0.1, 0.15) is 26.7 Å². The fourth-order valence-electron chi connectivity index (χ4n) is 3.34. The Morgan fingerprint density at radius 1 is 1.32 bits per heavy atom. The predicted octanol–water partition coefficient (Wildman–Crippen LogP) is 2.18. The molecule has 2 heterocycles. The van der Waals surface area contributed by atoms with E-state index in [1.54, 1.807) is 7.05 Å². The van der Waals surface area contributed by atoms with Gasteiger partial charge >= 0.3 is 6.18 Å². The highest BCUT2D eigenvalue weighted by Gasteiger charge is 2.35. The fourth-order valence-corrected chi connectivity index (χ4v) is 3.34. The van der Waals surface area contributed by atoms with Crippen molar-refractivity contribution in [3.63, 3.8) is 0 Å². The van der Waals surface area contributed by atoms with Gasteiger partial charge in [0.1, 0.15) is 0 Å². The van der Waals surface area contributed by atoms with Gasteiger partial charge in [-0.3, -0.25) is 9.89 Å². The molecule has 7 heteroatoms. The molecule has 0 bridgehead atoms. The summed E-state index contributed by atoms with van der Waals surface area (Å²) in [7, 11) is 1.76. The molecule has 0 radical (unpaired) electrons. The Morgan fingerprint density at radius 2 is 2.05 bits per heavy atom. The summed E-state index contributed by atoms with van der Waals surface area (Å²) < 4.78 is 37.2. The molecular weight excluding hydrogens is 293 g/mol. The summed E-state index contributed by atoms with van der Waals surface area (Å²) in [5.74, 6) is 1.13. The molecule has 0 aromatic heterocycles. The second kappa shape index (κ2) is 6.64. The number of hydrogen-bond acceptors (Lipinski definition) is 2. The van der Waals surface area contributed by atoms with Crippen molar-refractivity contribution in [2.75, 3.05) is 46.3 Å². The molecular formula is C15H27F3N4. The van der Waals surface area contributed by atoms with E-state index < -0.39 is 12.7 Å². The topological polar surface area (TPSA) is 30.9 Å². The fraction of sp³-hybridized carbons (Fsp3) is 0.933. The van der Waals surface area contributed by atoms with E-state index in [9.17, 15) is 13.2 Å². The molecule has 2 fully saturated rings. The van der Waals surface area contributed by atoms with Crippen LogP contribution in [0, 0.1) is 11.3 Å². The van der Waals surface area contributed by atoms with Crippen LogP contribution in [0.3, 0.4) is 0 Å². The lowest BCUT2D eigenvalue weighted by Gasteiger charge is -2.25. The third-order valence-corrected chi connectivity index (χ3v) is 4.51. The van der Waals surface area contributed by atoms with E-state index in [4.69, 9.17) is 0 Å². The van der Waals surface area contributed by atoms with Gasteiger partial charge in [0.25, 0.3) is 0 Å². The van der Waals surface area contributed by atoms with Crippen molar-refractivity contribution >= 4 is 5.96 Å². The highest BCUT2D eigenvalue weighted by molar-refractivity contribution is 5.80. The van der Waals surface area contributed by atoms with E-state index in [1.165, 1.54) is 4.90 Å². The molecule has 0 aliphatic carbocycles. The molecule has 4 nitrogen and oxygen atoms in total. The molecule has 2 aliphatic rings. The molecule has 1 unspecified atom stereocenters. The summed E-state index contributed by atoms with van der Waals surface area (Å²) in [5.41, 5.74) is 0.300. The van der Waals surface area contributed by atoms with Crippen molar-refractivity contribution in [2.24, 2.45) is 16.3 Å². The van der Waals surface area contributed by atoms with Crippen LogP contribution in [-0.4, -0.2) is 68.3 Å². The van der Waals surface area contributed by atoms with Crippen LogP contribution in [-0.2, 0) is 0 Å². The van der Waals surface area contributed by atoms with Gasteiger partial charge in [0.15, 0.2) is 5.96 Å². The molecule has 0 aromatic carbocycles. The smallest absolute Gasteiger partial charge is 0.356 e. The van der Waals surface area contributed by atoms with Crippen LogP contribution in [0.25, 0.3) is 0 Å². The van der Waals surface area contributed by atoms with E-state index in [0.29, 0.717) is 25.0 Å². The predicted molar refractivity (Wildman–Crippen MR) is 81.9 cm³/mol. The van der Waals surface area contributed by atoms with E-state index in [-0.39, 0.29) is 5.92 Å². The van der Waals surface area contributed by atoms with Gasteiger partial charge in [-0.1, -0.05) is 13.8 Å². The zero-order chi connectivity index (χ0) is 16.4. The second-order valence-corrected chi connectivity index (χ2v) is 7.27. The van der Waals surface area contributed by atoms with Gasteiger partial charge in [0.05, 0.1) is 6.54 Å². The summed E-state index contributed by atoms with van der Waals surface area (Å²) in [6.07, 6.45) is -2.15. The standard InChI is InChI=1S/C15H27F3N4/c1-14(2)5-7-22(10-14)13(19-3)20-8-12-4-6-21(9-12)11-15(16,17)18/h12H,4-11H2,1-3H3,(H,19,20). The van der Waals surface area contributed by atoms with Crippen LogP contribution in [0.2, 0.25) is 0 Å². The average Bonchev–Trinajstić information content (AvgIpc) is 2.95. The Bertz CT molecular complexity index is 406. The number of alkyl halides is 3. The molecule has 0 saturated carbocycles. The first kappa shape index (κ1) is 17.4. The third-order valence-electron chi connectivity index (χ3n) is 4.51. The molecule has 0 spiro atoms. The Hall–Kier alpha value is -0.980. The number of aliphatic imine (C=N–C) groups is 1. The van der Waals surface area contributed by atoms with E-state index in [2.05, 4.69) is 29.1 Å². The number of halogens is 3. The van der Waals surface area contributed by atoms with Crippen LogP contribution in [0.5, 0.6) is 0 Å². The monoisotopic (exact) mass is 320 g/mol. The van der Waals surface area contributed by atoms with E-state index in [1.807, 2.05) is 0 Å². The largest absolute Gasteiger partial charge is 0.401 e. The first-order chi connectivity index (χ1) is 10.2. The van der Waals surface area contributed by atoms with E-state index >= 15 is 0 Å². The van der Waals surface area contributed by atoms with Crippen molar-refractivity contribution in [3.05, 3.63) is 0 Å². The Morgan fingerprint density at radius 3 is 2.59 bits per heavy atom. The molecule has 1 atom stereocenters. The van der Waals surface area contributed by atoms with Crippen molar-refractivity contribution in [1.29, 1.82) is 0 Å². The van der Waals surface area contributed by atoms with Crippen molar-refractivity contribution in [1.82, 2.24) is 15.1 Å². The Balaban J connectivity index is 1.76. The highest BCUT2D eigenvalue weighted by atomic mass is 19.4. The highest BCUT2D eigenvalue weighted by Crippen LogP contribution is 2.28. The molecule has 1 N–H and O–H groups in total. The summed E-state index contributed by atoms with van der Waals surface area (Å²) >= 11 is 0. The molecule has 128 valence electrons. The SMILES string of the molecule is CN=C(NCC1CCN(CC(F)(F)F)C1)N1CCC(C)(C)C1. The number of guanidine groups is 1. The van der Waals surface area contributed by atoms with Gasteiger partial charge in [-0.15, -0.1) is 0 Å². The van der Waals surface area contributed by atoms with Crippen molar-refractivity contribution in [3.8, 4) is 0 Å². The number of nitrogens with one attached hydrogen (secondary N) is 1. The summed E-state index contributed by atoms with van der Waals surface area (Å²) in [4.78, 5) is 8.05. The average molecular weight is 320 g/mol. The lowest BCUT2D eigenvalue weighted by atomic mass is 9.93. The van der Waals surface area contributed by atoms with Crippen LogP contribution in [0.4, 0.5) is 13.2 Å². The van der Waals surface area contributed by atoms with Gasteiger partial charge in [-0.2, -0.15) is 13.2 Å². The van der Waals surface area contributed by atoms with E-state index in [0.717, 1.165) is 31.9 Å². The molecule has 0 amide bonds. The minimum Gasteiger partial charge on any atom is -0.356 e. The van der Waals surface area contributed by atoms with Crippen molar-refractivity contribution in [2.45, 2.75) is 32.9 Å². The Labute approximate surface area is 130 Å². The molecule has 2 saturated heterocycles. The number of rotatable bonds is 3. The minimum atomic E-state index is -4.10. The number of nitrogens with zero attached hydrogens (tertiary/aromatic N) is 3.